The molecule has 6 nitrogen and oxygen atoms in total. The van der Waals surface area contributed by atoms with Crippen LogP contribution in [-0.4, -0.2) is 33.2 Å². The summed E-state index contributed by atoms with van der Waals surface area (Å²) in [5.41, 5.74) is -0.667. The summed E-state index contributed by atoms with van der Waals surface area (Å²) in [5, 5.41) is 6.89. The normalized spacial score (nSPS) is 27.2. The summed E-state index contributed by atoms with van der Waals surface area (Å²) < 4.78 is 45.7. The highest BCUT2D eigenvalue weighted by Crippen LogP contribution is 2.47. The van der Waals surface area contributed by atoms with Gasteiger partial charge in [0.1, 0.15) is 5.52 Å². The molecule has 2 aromatic rings. The number of fused-ring (bicyclic) bond motifs is 4. The van der Waals surface area contributed by atoms with E-state index in [1.54, 1.807) is 6.92 Å². The number of nitrogens with one attached hydrogen (secondary N) is 1. The van der Waals surface area contributed by atoms with Gasteiger partial charge in [-0.05, 0) is 62.1 Å². The monoisotopic (exact) mass is 416 g/mol. The average Bonchev–Trinajstić information content (AvgIpc) is 3.07. The van der Waals surface area contributed by atoms with E-state index in [0.29, 0.717) is 0 Å². The van der Waals surface area contributed by atoms with Crippen molar-refractivity contribution in [2.45, 2.75) is 44.8 Å². The van der Waals surface area contributed by atoms with Gasteiger partial charge in [-0.15, -0.1) is 5.10 Å². The molecule has 0 unspecified atom stereocenters. The molecule has 5 rings (SSSR count). The number of halogens is 4. The van der Waals surface area contributed by atoms with Crippen LogP contribution in [0.2, 0.25) is 5.28 Å². The second-order valence-electron chi connectivity index (χ2n) is 7.41. The van der Waals surface area contributed by atoms with Crippen molar-refractivity contribution in [3.63, 3.8) is 0 Å². The molecule has 152 valence electrons. The van der Waals surface area contributed by atoms with E-state index in [-0.39, 0.29) is 53.0 Å². The van der Waals surface area contributed by atoms with Gasteiger partial charge in [-0.25, -0.2) is 4.52 Å². The van der Waals surface area contributed by atoms with Crippen molar-refractivity contribution in [3.8, 4) is 0 Å². The van der Waals surface area contributed by atoms with Crippen molar-refractivity contribution in [1.82, 2.24) is 14.6 Å². The zero-order valence-electron chi connectivity index (χ0n) is 15.2. The Balaban J connectivity index is 1.71. The predicted molar refractivity (Wildman–Crippen MR) is 96.0 cm³/mol. The summed E-state index contributed by atoms with van der Waals surface area (Å²) in [4.78, 5) is 16.7. The second-order valence-corrected chi connectivity index (χ2v) is 7.75. The van der Waals surface area contributed by atoms with Crippen molar-refractivity contribution >= 4 is 28.9 Å². The lowest BCUT2D eigenvalue weighted by Gasteiger charge is -2.47. The molecule has 3 aliphatic carbocycles. The minimum atomic E-state index is -4.51. The van der Waals surface area contributed by atoms with Crippen LogP contribution in [0.1, 0.15) is 38.2 Å². The Bertz CT molecular complexity index is 893. The van der Waals surface area contributed by atoms with Crippen molar-refractivity contribution < 1.29 is 22.7 Å². The molecule has 0 saturated heterocycles. The van der Waals surface area contributed by atoms with E-state index in [1.807, 2.05) is 0 Å². The molecule has 3 fully saturated rings. The van der Waals surface area contributed by atoms with Crippen LogP contribution in [0.25, 0.3) is 5.52 Å². The van der Waals surface area contributed by atoms with Gasteiger partial charge in [-0.1, -0.05) is 0 Å². The number of esters is 1. The molecular weight excluding hydrogens is 397 g/mol. The Labute approximate surface area is 164 Å². The number of carbonyl (C=O) groups is 1. The first kappa shape index (κ1) is 19.3. The maximum atomic E-state index is 13.1. The number of hydrogen-bond acceptors (Lipinski definition) is 5. The van der Waals surface area contributed by atoms with E-state index in [4.69, 9.17) is 16.3 Å². The SMILES string of the molecule is CCOC(=O)[C@H]1C2CCC(CC2)[C@@H]1Nc1nc(Cl)nn2cc(C(F)(F)F)cc12. The topological polar surface area (TPSA) is 68.5 Å². The Morgan fingerprint density at radius 2 is 2.00 bits per heavy atom. The summed E-state index contributed by atoms with van der Waals surface area (Å²) in [6, 6.07) is 0.726. The van der Waals surface area contributed by atoms with Crippen molar-refractivity contribution in [1.29, 1.82) is 0 Å². The highest BCUT2D eigenvalue weighted by atomic mass is 35.5. The molecule has 3 saturated carbocycles. The van der Waals surface area contributed by atoms with Crippen LogP contribution in [0.3, 0.4) is 0 Å². The Morgan fingerprint density at radius 3 is 2.64 bits per heavy atom. The number of nitrogens with zero attached hydrogens (tertiary/aromatic N) is 3. The molecule has 0 amide bonds. The Morgan fingerprint density at radius 1 is 1.32 bits per heavy atom. The molecule has 0 spiro atoms. The number of carbonyl (C=O) groups excluding carboxylic acids is 1. The van der Waals surface area contributed by atoms with Crippen LogP contribution in [0.4, 0.5) is 19.0 Å². The number of ether oxygens (including phenoxy) is 1. The molecule has 3 aliphatic rings. The van der Waals surface area contributed by atoms with Crippen molar-refractivity contribution in [2.75, 3.05) is 11.9 Å². The second kappa shape index (κ2) is 7.09. The van der Waals surface area contributed by atoms with Crippen molar-refractivity contribution in [2.24, 2.45) is 17.8 Å². The third-order valence-electron chi connectivity index (χ3n) is 5.85. The molecule has 28 heavy (non-hydrogen) atoms. The van der Waals surface area contributed by atoms with Crippen LogP contribution >= 0.6 is 11.6 Å². The molecule has 2 heterocycles. The van der Waals surface area contributed by atoms with Gasteiger partial charge >= 0.3 is 12.1 Å². The molecule has 2 aromatic heterocycles. The molecule has 10 heteroatoms. The van der Waals surface area contributed by atoms with E-state index < -0.39 is 11.7 Å². The van der Waals surface area contributed by atoms with Crippen LogP contribution in [0.15, 0.2) is 12.3 Å². The lowest BCUT2D eigenvalue weighted by molar-refractivity contribution is -0.154. The molecule has 2 atom stereocenters. The lowest BCUT2D eigenvalue weighted by atomic mass is 9.61. The molecule has 2 bridgehead atoms. The summed E-state index contributed by atoms with van der Waals surface area (Å²) >= 11 is 5.94. The number of alkyl halides is 3. The van der Waals surface area contributed by atoms with Gasteiger partial charge < -0.3 is 10.1 Å². The van der Waals surface area contributed by atoms with Gasteiger partial charge in [0.25, 0.3) is 0 Å². The summed E-state index contributed by atoms with van der Waals surface area (Å²) in [6.45, 7) is 2.05. The number of aromatic nitrogens is 3. The summed E-state index contributed by atoms with van der Waals surface area (Å²) in [7, 11) is 0. The van der Waals surface area contributed by atoms with Crippen LogP contribution in [0, 0.1) is 17.8 Å². The number of rotatable bonds is 4. The fraction of sp³-hybridized carbons (Fsp3) is 0.611. The first-order valence-electron chi connectivity index (χ1n) is 9.34. The lowest BCUT2D eigenvalue weighted by Crippen LogP contribution is -2.52. The highest BCUT2D eigenvalue weighted by Gasteiger charge is 2.48. The fourth-order valence-electron chi connectivity index (χ4n) is 4.63. The zero-order valence-corrected chi connectivity index (χ0v) is 15.9. The molecule has 0 radical (unpaired) electrons. The van der Waals surface area contributed by atoms with Crippen LogP contribution in [-0.2, 0) is 15.7 Å². The Kier molecular flexibility index (Phi) is 4.89. The summed E-state index contributed by atoms with van der Waals surface area (Å²) in [6.07, 6.45) is 0.203. The van der Waals surface area contributed by atoms with E-state index >= 15 is 0 Å². The van der Waals surface area contributed by atoms with E-state index in [2.05, 4.69) is 15.4 Å². The summed E-state index contributed by atoms with van der Waals surface area (Å²) in [5.74, 6) is 0.00946. The van der Waals surface area contributed by atoms with Gasteiger partial charge in [0.2, 0.25) is 5.28 Å². The molecule has 1 N–H and O–H groups in total. The number of hydrogen-bond donors (Lipinski definition) is 1. The van der Waals surface area contributed by atoms with Crippen molar-refractivity contribution in [3.05, 3.63) is 23.1 Å². The minimum absolute atomic E-state index is 0.167. The minimum Gasteiger partial charge on any atom is -0.466 e. The molecule has 0 aliphatic heterocycles. The third-order valence-corrected chi connectivity index (χ3v) is 6.01. The zero-order chi connectivity index (χ0) is 20.1. The predicted octanol–water partition coefficient (Wildman–Crippen LogP) is 4.18. The maximum absolute atomic E-state index is 13.1. The average molecular weight is 417 g/mol. The van der Waals surface area contributed by atoms with Gasteiger partial charge in [0, 0.05) is 12.2 Å². The molecular formula is C18H20ClF3N4O2. The van der Waals surface area contributed by atoms with Gasteiger partial charge in [-0.2, -0.15) is 18.2 Å². The molecule has 0 aromatic carbocycles. The standard InChI is InChI=1S/C18H20ClF3N4O2/c1-2-28-16(27)13-9-3-5-10(6-4-9)14(13)23-15-12-7-11(18(20,21)22)8-26(12)25-17(19)24-15/h7-10,13-14H,2-6H2,1H3,(H,23,24,25)/t9?,10?,13-,14-/m0/s1. The van der Waals surface area contributed by atoms with Gasteiger partial charge in [-0.3, -0.25) is 4.79 Å². The fourth-order valence-corrected chi connectivity index (χ4v) is 4.79. The van der Waals surface area contributed by atoms with Gasteiger partial charge in [0.15, 0.2) is 5.82 Å². The van der Waals surface area contributed by atoms with Gasteiger partial charge in [0.05, 0.1) is 18.1 Å². The maximum Gasteiger partial charge on any atom is 0.417 e. The largest absolute Gasteiger partial charge is 0.466 e. The number of anilines is 1. The highest BCUT2D eigenvalue weighted by molar-refractivity contribution is 6.28. The smallest absolute Gasteiger partial charge is 0.417 e. The van der Waals surface area contributed by atoms with E-state index in [0.717, 1.165) is 42.5 Å². The Hall–Kier alpha value is -2.03. The quantitative estimate of drug-likeness (QED) is 0.757. The van der Waals surface area contributed by atoms with E-state index in [1.165, 1.54) is 0 Å². The van der Waals surface area contributed by atoms with E-state index in [9.17, 15) is 18.0 Å². The third kappa shape index (κ3) is 3.40. The first-order chi connectivity index (χ1) is 13.3. The first-order valence-corrected chi connectivity index (χ1v) is 9.72. The van der Waals surface area contributed by atoms with Crippen LogP contribution < -0.4 is 5.32 Å². The van der Waals surface area contributed by atoms with Crippen LogP contribution in [0.5, 0.6) is 0 Å².